The summed E-state index contributed by atoms with van der Waals surface area (Å²) in [5, 5.41) is 0. The maximum atomic E-state index is 6.55. The van der Waals surface area contributed by atoms with Gasteiger partial charge in [-0.2, -0.15) is 0 Å². The summed E-state index contributed by atoms with van der Waals surface area (Å²) in [5.41, 5.74) is 6.55. The van der Waals surface area contributed by atoms with Crippen molar-refractivity contribution in [3.8, 4) is 0 Å². The van der Waals surface area contributed by atoms with Crippen LogP contribution in [0.15, 0.2) is 0 Å². The summed E-state index contributed by atoms with van der Waals surface area (Å²) in [7, 11) is -6.65. The second-order valence-corrected chi connectivity index (χ2v) is 659. The van der Waals surface area contributed by atoms with Gasteiger partial charge in [-0.3, -0.25) is 0 Å². The van der Waals surface area contributed by atoms with Crippen LogP contribution in [0.2, 0.25) is 0 Å². The third kappa shape index (κ3) is 21.4. The Balaban J connectivity index is 5.17. The zero-order chi connectivity index (χ0) is 24.1. The monoisotopic (exact) mass is 3690 g/mol. The van der Waals surface area contributed by atoms with Gasteiger partial charge in [0.05, 0.1) is 0 Å². The van der Waals surface area contributed by atoms with Crippen molar-refractivity contribution in [3.63, 3.8) is 0 Å². The molecule has 0 N–H and O–H groups in total. The Labute approximate surface area is 376 Å². The van der Waals surface area contributed by atoms with Crippen molar-refractivity contribution in [2.75, 3.05) is 0 Å². The Bertz CT molecular complexity index is 413. The first-order valence-corrected chi connectivity index (χ1v) is 181. The predicted molar refractivity (Wildman–Crippen MR) is 412 cm³/mol. The Morgan fingerprint density at radius 3 is 0.600 bits per heavy atom. The summed E-state index contributed by atoms with van der Waals surface area (Å²) < 4.78 is 0. The third-order valence-corrected chi connectivity index (χ3v) is 2090. The molecule has 0 aliphatic carbocycles. The molecular formula is BI29. The summed E-state index contributed by atoms with van der Waals surface area (Å²) in [6, 6.07) is 0. The molecule has 0 atom stereocenters. The van der Waals surface area contributed by atoms with Gasteiger partial charge in [0, 0.05) is 0 Å². The van der Waals surface area contributed by atoms with Gasteiger partial charge in [0.25, 0.3) is 0 Å². The molecule has 0 aromatic heterocycles. The fourth-order valence-corrected chi connectivity index (χ4v) is 4870. The van der Waals surface area contributed by atoms with E-state index in [4.69, 9.17) is 5.70 Å². The van der Waals surface area contributed by atoms with Crippen LogP contribution in [0, 0.1) is 0 Å². The standard InChI is InChI=1S/BI29/c1-17(2)19(5)21(7)23(9)25(11)27(13)29(15)30(16)28(14)26(12)24(10)22(8)20(6)18(3)4. The van der Waals surface area contributed by atoms with Crippen LogP contribution in [-0.2, 0) is 0 Å². The number of hydrogen-bond acceptors (Lipinski definition) is 0. The van der Waals surface area contributed by atoms with Gasteiger partial charge < -0.3 is 0 Å². The number of halogens is 29. The van der Waals surface area contributed by atoms with Gasteiger partial charge in [-0.15, -0.1) is 0 Å². The van der Waals surface area contributed by atoms with E-state index in [1.165, 1.54) is 0 Å². The van der Waals surface area contributed by atoms with Crippen LogP contribution in [-0.4, -0.2) is 5.70 Å². The Morgan fingerprint density at radius 2 is 0.433 bits per heavy atom. The molecule has 0 spiro atoms. The first kappa shape index (κ1) is 51.2. The van der Waals surface area contributed by atoms with Gasteiger partial charge in [-0.05, 0) is 0 Å². The zero-order valence-corrected chi connectivity index (χ0v) is 74.1. The van der Waals surface area contributed by atoms with Gasteiger partial charge in [0.2, 0.25) is 0 Å². The molecule has 0 fully saturated rings. The second kappa shape index (κ2) is 30.5. The molecule has 206 valence electrons. The average Bonchev–Trinajstić information content (AvgIpc) is 2.72. The molecule has 0 aliphatic heterocycles. The first-order chi connectivity index (χ1) is 13.6. The normalized spacial score (nSPS) is 18.4. The molecule has 0 saturated carbocycles. The van der Waals surface area contributed by atoms with Gasteiger partial charge in [0.15, 0.2) is 0 Å². The van der Waals surface area contributed by atoms with Gasteiger partial charge in [0.1, 0.15) is 0 Å². The molecule has 2 radical (unpaired) electrons. The van der Waals surface area contributed by atoms with Crippen molar-refractivity contribution in [3.05, 3.63) is 0 Å². The van der Waals surface area contributed by atoms with Crippen molar-refractivity contribution < 1.29 is 0 Å². The minimum atomic E-state index is -0.943. The van der Waals surface area contributed by atoms with E-state index in [1.807, 2.05) is 0 Å². The Hall–Kier alpha value is 21.2. The number of rotatable bonds is 13. The van der Waals surface area contributed by atoms with E-state index in [9.17, 15) is 0 Å². The molecule has 0 saturated heterocycles. The molecule has 0 nitrogen and oxygen atoms in total. The van der Waals surface area contributed by atoms with E-state index < -0.39 is 114 Å². The molecule has 30 heteroatoms. The molecule has 0 amide bonds. The van der Waals surface area contributed by atoms with Crippen LogP contribution in [0.25, 0.3) is 0 Å². The molecule has 0 bridgehead atoms. The van der Waals surface area contributed by atoms with Crippen LogP contribution in [0.4, 0.5) is 0 Å². The zero-order valence-electron chi connectivity index (χ0n) is 11.5. The van der Waals surface area contributed by atoms with Crippen molar-refractivity contribution in [1.29, 1.82) is 0 Å². The molecular weight excluding hydrogens is 3690 g/mol. The Morgan fingerprint density at radius 1 is 0.267 bits per heavy atom. The van der Waals surface area contributed by atoms with E-state index in [0.717, 1.165) is 0 Å². The summed E-state index contributed by atoms with van der Waals surface area (Å²) >= 11 is 45.8. The average molecular weight is 3690 g/mol. The van der Waals surface area contributed by atoms with E-state index in [2.05, 4.69) is 279 Å². The van der Waals surface area contributed by atoms with Crippen molar-refractivity contribution in [2.24, 2.45) is 0 Å². The van der Waals surface area contributed by atoms with Crippen LogP contribution >= 0.6 is 394 Å². The van der Waals surface area contributed by atoms with E-state index in [1.54, 1.807) is 0 Å². The number of hydrogen-bond donors (Lipinski definition) is 0. The maximum absolute atomic E-state index is 6.55. The summed E-state index contributed by atoms with van der Waals surface area (Å²) in [4.78, 5) is 0. The van der Waals surface area contributed by atoms with Crippen LogP contribution < -0.4 is 0 Å². The summed E-state index contributed by atoms with van der Waals surface area (Å²) in [5.74, 6) is 0. The third-order valence-electron chi connectivity index (χ3n) is 1.08. The Kier molecular flexibility index (Phi) is 52.0. The van der Waals surface area contributed by atoms with Crippen LogP contribution in [0.5, 0.6) is 0 Å². The predicted octanol–water partition coefficient (Wildman–Crippen LogP) is 25.3. The molecule has 0 rings (SSSR count). The van der Waals surface area contributed by atoms with Gasteiger partial charge in [-0.1, -0.05) is 0 Å². The fraction of sp³-hybridized carbons (Fsp3) is 0. The molecule has 0 unspecified atom stereocenters. The van der Waals surface area contributed by atoms with Crippen LogP contribution in [0.3, 0.4) is 0 Å². The fourth-order valence-electron chi connectivity index (χ4n) is 0.378. The quantitative estimate of drug-likeness (QED) is 0.127. The van der Waals surface area contributed by atoms with E-state index in [0.29, 0.717) is 0 Å². The van der Waals surface area contributed by atoms with E-state index in [-0.39, 0.29) is 0 Å². The summed E-state index contributed by atoms with van der Waals surface area (Å²) in [6.07, 6.45) is 0. The molecule has 0 aromatic rings. The minimum absolute atomic E-state index is 0.438. The van der Waals surface area contributed by atoms with Crippen LogP contribution in [0.1, 0.15) is 0 Å². The molecule has 0 heterocycles. The molecule has 0 aromatic carbocycles. The second-order valence-electron chi connectivity index (χ2n) is 2.32. The van der Waals surface area contributed by atoms with Crippen molar-refractivity contribution >= 4 is 399 Å². The van der Waals surface area contributed by atoms with E-state index >= 15 is 0 Å². The van der Waals surface area contributed by atoms with Crippen molar-refractivity contribution in [1.82, 2.24) is 0 Å². The van der Waals surface area contributed by atoms with Crippen molar-refractivity contribution in [2.45, 2.75) is 0 Å². The van der Waals surface area contributed by atoms with Gasteiger partial charge in [-0.25, -0.2) is 0 Å². The topological polar surface area (TPSA) is 0 Å². The molecule has 0 aliphatic rings. The summed E-state index contributed by atoms with van der Waals surface area (Å²) in [6.45, 7) is 0. The SMILES string of the molecule is [B]I(I)I(I)I(I)I(I)I(I)I(I)I(I)I(I)I(I)I(I)I(I)I(I)I(I)I(I)I. The van der Waals surface area contributed by atoms with Gasteiger partial charge >= 0.3 is 399 Å². The molecule has 30 heavy (non-hydrogen) atoms. The first-order valence-electron chi connectivity index (χ1n) is 4.22.